The van der Waals surface area contributed by atoms with Crippen molar-refractivity contribution >= 4 is 5.91 Å². The molecule has 1 aromatic rings. The first-order valence-corrected chi connectivity index (χ1v) is 7.95. The van der Waals surface area contributed by atoms with Gasteiger partial charge in [0.1, 0.15) is 5.75 Å². The Balaban J connectivity index is 1.56. The molecule has 0 unspecified atom stereocenters. The minimum atomic E-state index is 0.142. The summed E-state index contributed by atoms with van der Waals surface area (Å²) in [6.45, 7) is 3.74. The number of methoxy groups -OCH3 is 1. The van der Waals surface area contributed by atoms with Gasteiger partial charge in [-0.15, -0.1) is 0 Å². The van der Waals surface area contributed by atoms with Gasteiger partial charge in [0.25, 0.3) is 5.91 Å². The second-order valence-electron chi connectivity index (χ2n) is 5.99. The zero-order valence-electron chi connectivity index (χ0n) is 12.8. The van der Waals surface area contributed by atoms with Crippen LogP contribution in [0.1, 0.15) is 36.0 Å². The van der Waals surface area contributed by atoms with Crippen molar-refractivity contribution in [1.82, 2.24) is 9.80 Å². The van der Waals surface area contributed by atoms with Crippen LogP contribution in [0.3, 0.4) is 0 Å². The molecule has 4 nitrogen and oxygen atoms in total. The minimum Gasteiger partial charge on any atom is -0.497 e. The van der Waals surface area contributed by atoms with Crippen molar-refractivity contribution in [2.75, 3.05) is 33.3 Å². The number of nitrogens with zero attached hydrogens (tertiary/aromatic N) is 2. The molecule has 0 aromatic heterocycles. The van der Waals surface area contributed by atoms with E-state index >= 15 is 0 Å². The van der Waals surface area contributed by atoms with E-state index in [0.29, 0.717) is 0 Å². The Morgan fingerprint density at radius 2 is 1.67 bits per heavy atom. The lowest BCUT2D eigenvalue weighted by Gasteiger charge is -2.38. The first-order valence-electron chi connectivity index (χ1n) is 7.95. The Morgan fingerprint density at radius 3 is 2.24 bits per heavy atom. The number of benzene rings is 1. The molecule has 2 fully saturated rings. The number of hydrogen-bond acceptors (Lipinski definition) is 3. The molecule has 1 saturated carbocycles. The van der Waals surface area contributed by atoms with E-state index in [-0.39, 0.29) is 5.91 Å². The predicted octanol–water partition coefficient (Wildman–Crippen LogP) is 2.40. The highest BCUT2D eigenvalue weighted by molar-refractivity contribution is 5.94. The summed E-state index contributed by atoms with van der Waals surface area (Å²) >= 11 is 0. The fraction of sp³-hybridized carbons (Fsp3) is 0.588. The summed E-state index contributed by atoms with van der Waals surface area (Å²) in [7, 11) is 1.64. The van der Waals surface area contributed by atoms with Crippen LogP contribution in [0.15, 0.2) is 24.3 Å². The number of carbonyl (C=O) groups is 1. The minimum absolute atomic E-state index is 0.142. The summed E-state index contributed by atoms with van der Waals surface area (Å²) in [6.07, 6.45) is 5.42. The van der Waals surface area contributed by atoms with Gasteiger partial charge in [0, 0.05) is 37.8 Å². The second-order valence-corrected chi connectivity index (χ2v) is 5.99. The van der Waals surface area contributed by atoms with Crippen molar-refractivity contribution in [3.05, 3.63) is 29.8 Å². The van der Waals surface area contributed by atoms with Gasteiger partial charge in [0.15, 0.2) is 0 Å². The molecule has 1 amide bonds. The lowest BCUT2D eigenvalue weighted by Crippen LogP contribution is -2.51. The van der Waals surface area contributed by atoms with Gasteiger partial charge in [-0.2, -0.15) is 0 Å². The first-order chi connectivity index (χ1) is 10.3. The molecule has 21 heavy (non-hydrogen) atoms. The molecular formula is C17H24N2O2. The number of amides is 1. The summed E-state index contributed by atoms with van der Waals surface area (Å²) in [5, 5.41) is 0. The molecule has 114 valence electrons. The SMILES string of the molecule is COc1ccc(C(=O)N2CCN(C3CCCC3)CC2)cc1. The van der Waals surface area contributed by atoms with E-state index in [0.717, 1.165) is 43.5 Å². The van der Waals surface area contributed by atoms with Crippen LogP contribution in [-0.2, 0) is 0 Å². The third-order valence-electron chi connectivity index (χ3n) is 4.78. The Kier molecular flexibility index (Phi) is 4.44. The van der Waals surface area contributed by atoms with E-state index in [9.17, 15) is 4.79 Å². The van der Waals surface area contributed by atoms with E-state index in [1.54, 1.807) is 7.11 Å². The van der Waals surface area contributed by atoms with Gasteiger partial charge in [-0.05, 0) is 37.1 Å². The Morgan fingerprint density at radius 1 is 1.05 bits per heavy atom. The zero-order valence-corrected chi connectivity index (χ0v) is 12.8. The average molecular weight is 288 g/mol. The van der Waals surface area contributed by atoms with Crippen LogP contribution >= 0.6 is 0 Å². The highest BCUT2D eigenvalue weighted by Crippen LogP contribution is 2.24. The van der Waals surface area contributed by atoms with E-state index in [2.05, 4.69) is 4.90 Å². The van der Waals surface area contributed by atoms with Crippen molar-refractivity contribution in [2.45, 2.75) is 31.7 Å². The van der Waals surface area contributed by atoms with Crippen LogP contribution in [-0.4, -0.2) is 55.0 Å². The smallest absolute Gasteiger partial charge is 0.253 e. The summed E-state index contributed by atoms with van der Waals surface area (Å²) in [5.41, 5.74) is 0.755. The van der Waals surface area contributed by atoms with Crippen molar-refractivity contribution in [1.29, 1.82) is 0 Å². The van der Waals surface area contributed by atoms with Crippen LogP contribution in [0.4, 0.5) is 0 Å². The fourth-order valence-corrected chi connectivity index (χ4v) is 3.48. The predicted molar refractivity (Wildman–Crippen MR) is 82.7 cm³/mol. The normalized spacial score (nSPS) is 20.7. The summed E-state index contributed by atoms with van der Waals surface area (Å²) in [5.74, 6) is 0.932. The van der Waals surface area contributed by atoms with Crippen molar-refractivity contribution in [3.63, 3.8) is 0 Å². The van der Waals surface area contributed by atoms with Gasteiger partial charge in [-0.3, -0.25) is 9.69 Å². The fourth-order valence-electron chi connectivity index (χ4n) is 3.48. The monoisotopic (exact) mass is 288 g/mol. The van der Waals surface area contributed by atoms with Gasteiger partial charge in [0.05, 0.1) is 7.11 Å². The second kappa shape index (κ2) is 6.48. The van der Waals surface area contributed by atoms with Crippen LogP contribution in [0.2, 0.25) is 0 Å². The van der Waals surface area contributed by atoms with Crippen molar-refractivity contribution in [2.24, 2.45) is 0 Å². The van der Waals surface area contributed by atoms with E-state index in [4.69, 9.17) is 4.74 Å². The molecule has 1 aliphatic carbocycles. The van der Waals surface area contributed by atoms with Crippen LogP contribution < -0.4 is 4.74 Å². The molecule has 3 rings (SSSR count). The lowest BCUT2D eigenvalue weighted by atomic mass is 10.1. The third-order valence-corrected chi connectivity index (χ3v) is 4.78. The first kappa shape index (κ1) is 14.4. The Bertz CT molecular complexity index is 472. The molecule has 4 heteroatoms. The van der Waals surface area contributed by atoms with E-state index in [1.165, 1.54) is 25.7 Å². The third kappa shape index (κ3) is 3.21. The van der Waals surface area contributed by atoms with Gasteiger partial charge in [-0.1, -0.05) is 12.8 Å². The maximum Gasteiger partial charge on any atom is 0.253 e. The summed E-state index contributed by atoms with van der Waals surface area (Å²) in [6, 6.07) is 8.17. The average Bonchev–Trinajstić information content (AvgIpc) is 3.09. The molecule has 1 heterocycles. The van der Waals surface area contributed by atoms with Gasteiger partial charge < -0.3 is 9.64 Å². The van der Waals surface area contributed by atoms with Gasteiger partial charge in [-0.25, -0.2) is 0 Å². The van der Waals surface area contributed by atoms with Crippen LogP contribution in [0.25, 0.3) is 0 Å². The summed E-state index contributed by atoms with van der Waals surface area (Å²) < 4.78 is 5.13. The molecule has 0 bridgehead atoms. The molecule has 1 aromatic carbocycles. The standard InChI is InChI=1S/C17H24N2O2/c1-21-16-8-6-14(7-9-16)17(20)19-12-10-18(11-13-19)15-4-2-3-5-15/h6-9,15H,2-5,10-13H2,1H3. The molecular weight excluding hydrogens is 264 g/mol. The number of piperazine rings is 1. The molecule has 2 aliphatic rings. The zero-order chi connectivity index (χ0) is 14.7. The maximum absolute atomic E-state index is 12.5. The molecule has 1 aliphatic heterocycles. The van der Waals surface area contributed by atoms with Crippen molar-refractivity contribution in [3.8, 4) is 5.75 Å². The van der Waals surface area contributed by atoms with Gasteiger partial charge >= 0.3 is 0 Å². The Hall–Kier alpha value is -1.55. The highest BCUT2D eigenvalue weighted by atomic mass is 16.5. The van der Waals surface area contributed by atoms with Gasteiger partial charge in [0.2, 0.25) is 0 Å². The molecule has 0 radical (unpaired) electrons. The Labute approximate surface area is 126 Å². The number of ether oxygens (including phenoxy) is 1. The molecule has 1 saturated heterocycles. The highest BCUT2D eigenvalue weighted by Gasteiger charge is 2.28. The number of carbonyl (C=O) groups excluding carboxylic acids is 1. The van der Waals surface area contributed by atoms with Crippen molar-refractivity contribution < 1.29 is 9.53 Å². The number of rotatable bonds is 3. The molecule has 0 atom stereocenters. The molecule has 0 N–H and O–H groups in total. The quantitative estimate of drug-likeness (QED) is 0.856. The van der Waals surface area contributed by atoms with E-state index < -0.39 is 0 Å². The number of hydrogen-bond donors (Lipinski definition) is 0. The molecule has 0 spiro atoms. The maximum atomic E-state index is 12.5. The van der Waals surface area contributed by atoms with Crippen LogP contribution in [0, 0.1) is 0 Å². The summed E-state index contributed by atoms with van der Waals surface area (Å²) in [4.78, 5) is 17.0. The topological polar surface area (TPSA) is 32.8 Å². The van der Waals surface area contributed by atoms with Crippen LogP contribution in [0.5, 0.6) is 5.75 Å². The van der Waals surface area contributed by atoms with E-state index in [1.807, 2.05) is 29.2 Å². The largest absolute Gasteiger partial charge is 0.497 e. The lowest BCUT2D eigenvalue weighted by molar-refractivity contribution is 0.0573.